The summed E-state index contributed by atoms with van der Waals surface area (Å²) in [5, 5.41) is 2.95. The summed E-state index contributed by atoms with van der Waals surface area (Å²) in [5.41, 5.74) is 0.413. The predicted molar refractivity (Wildman–Crippen MR) is 114 cm³/mol. The standard InChI is InChI=1S/C22H21N5O4/c28-19(24-15-5-3-4-13(10-15)21(30)26-8-1-2-9-26)14-11-17-18(23-12-14)27(16-6-7-16)22(31)25-20(17)29/h3-5,10-12,16H,1-2,6-9H2,(H,24,28)(H,25,29,31). The molecular formula is C22H21N5O4. The van der Waals surface area contributed by atoms with Crippen LogP contribution < -0.4 is 16.6 Å². The molecule has 1 aliphatic carbocycles. The van der Waals surface area contributed by atoms with Crippen LogP contribution in [-0.4, -0.2) is 44.3 Å². The van der Waals surface area contributed by atoms with E-state index < -0.39 is 17.2 Å². The first-order chi connectivity index (χ1) is 15.0. The highest BCUT2D eigenvalue weighted by Gasteiger charge is 2.28. The average Bonchev–Trinajstić information content (AvgIpc) is 3.44. The summed E-state index contributed by atoms with van der Waals surface area (Å²) in [6.07, 6.45) is 5.08. The number of aromatic nitrogens is 3. The number of H-pyrrole nitrogens is 1. The van der Waals surface area contributed by atoms with Crippen molar-refractivity contribution in [2.24, 2.45) is 0 Å². The summed E-state index contributed by atoms with van der Waals surface area (Å²) >= 11 is 0. The molecule has 0 bridgehead atoms. The first kappa shape index (κ1) is 19.2. The summed E-state index contributed by atoms with van der Waals surface area (Å²) < 4.78 is 1.48. The van der Waals surface area contributed by atoms with E-state index in [9.17, 15) is 19.2 Å². The first-order valence-corrected chi connectivity index (χ1v) is 10.4. The molecule has 2 N–H and O–H groups in total. The van der Waals surface area contributed by atoms with Crippen LogP contribution in [0.1, 0.15) is 52.4 Å². The van der Waals surface area contributed by atoms with Crippen molar-refractivity contribution in [2.75, 3.05) is 18.4 Å². The van der Waals surface area contributed by atoms with E-state index in [0.29, 0.717) is 11.3 Å². The zero-order chi connectivity index (χ0) is 21.5. The van der Waals surface area contributed by atoms with Gasteiger partial charge in [0.25, 0.3) is 17.4 Å². The zero-order valence-electron chi connectivity index (χ0n) is 16.8. The van der Waals surface area contributed by atoms with Gasteiger partial charge in [-0.1, -0.05) is 6.07 Å². The normalized spacial score (nSPS) is 15.9. The number of hydrogen-bond donors (Lipinski definition) is 2. The molecule has 2 amide bonds. The maximum absolute atomic E-state index is 12.8. The van der Waals surface area contributed by atoms with Gasteiger partial charge in [-0.05, 0) is 49.9 Å². The van der Waals surface area contributed by atoms with Crippen molar-refractivity contribution in [1.29, 1.82) is 0 Å². The Morgan fingerprint density at radius 3 is 2.58 bits per heavy atom. The largest absolute Gasteiger partial charge is 0.339 e. The fourth-order valence-electron chi connectivity index (χ4n) is 3.97. The van der Waals surface area contributed by atoms with Gasteiger partial charge < -0.3 is 10.2 Å². The maximum Gasteiger partial charge on any atom is 0.330 e. The molecule has 3 aromatic rings. The van der Waals surface area contributed by atoms with Crippen LogP contribution in [0.4, 0.5) is 5.69 Å². The molecule has 2 fully saturated rings. The van der Waals surface area contributed by atoms with Gasteiger partial charge in [0, 0.05) is 36.6 Å². The number of nitrogens with zero attached hydrogens (tertiary/aromatic N) is 3. The molecule has 31 heavy (non-hydrogen) atoms. The fourth-order valence-corrected chi connectivity index (χ4v) is 3.97. The van der Waals surface area contributed by atoms with Crippen LogP contribution in [0.25, 0.3) is 11.0 Å². The topological polar surface area (TPSA) is 117 Å². The number of rotatable bonds is 4. The maximum atomic E-state index is 12.8. The second kappa shape index (κ2) is 7.50. The quantitative estimate of drug-likeness (QED) is 0.670. The molecule has 0 radical (unpaired) electrons. The van der Waals surface area contributed by atoms with Crippen LogP contribution in [0, 0.1) is 0 Å². The molecular weight excluding hydrogens is 398 g/mol. The summed E-state index contributed by atoms with van der Waals surface area (Å²) in [6, 6.07) is 8.26. The molecule has 0 unspecified atom stereocenters. The highest BCUT2D eigenvalue weighted by molar-refractivity contribution is 6.06. The molecule has 0 spiro atoms. The Kier molecular flexibility index (Phi) is 4.65. The Morgan fingerprint density at radius 2 is 1.84 bits per heavy atom. The van der Waals surface area contributed by atoms with E-state index in [2.05, 4.69) is 15.3 Å². The molecule has 158 valence electrons. The van der Waals surface area contributed by atoms with Crippen LogP contribution >= 0.6 is 0 Å². The van der Waals surface area contributed by atoms with Crippen LogP contribution in [-0.2, 0) is 0 Å². The second-order valence-electron chi connectivity index (χ2n) is 7.99. The van der Waals surface area contributed by atoms with Crippen molar-refractivity contribution < 1.29 is 9.59 Å². The van der Waals surface area contributed by atoms with E-state index in [1.165, 1.54) is 16.8 Å². The molecule has 2 aliphatic rings. The average molecular weight is 419 g/mol. The van der Waals surface area contributed by atoms with Crippen LogP contribution in [0.5, 0.6) is 0 Å². The molecule has 5 rings (SSSR count). The van der Waals surface area contributed by atoms with E-state index in [1.807, 2.05) is 0 Å². The van der Waals surface area contributed by atoms with Gasteiger partial charge in [0.2, 0.25) is 0 Å². The van der Waals surface area contributed by atoms with Gasteiger partial charge in [0.05, 0.1) is 10.9 Å². The first-order valence-electron chi connectivity index (χ1n) is 10.4. The number of aromatic amines is 1. The van der Waals surface area contributed by atoms with Crippen LogP contribution in [0.15, 0.2) is 46.1 Å². The smallest absolute Gasteiger partial charge is 0.330 e. The minimum Gasteiger partial charge on any atom is -0.339 e. The van der Waals surface area contributed by atoms with E-state index >= 15 is 0 Å². The number of benzene rings is 1. The van der Waals surface area contributed by atoms with E-state index in [4.69, 9.17) is 0 Å². The highest BCUT2D eigenvalue weighted by Crippen LogP contribution is 2.34. The third-order valence-corrected chi connectivity index (χ3v) is 5.71. The fraction of sp³-hybridized carbons (Fsp3) is 0.318. The minimum absolute atomic E-state index is 0.0370. The Balaban J connectivity index is 1.42. The summed E-state index contributed by atoms with van der Waals surface area (Å²) in [6.45, 7) is 1.50. The molecule has 1 saturated carbocycles. The summed E-state index contributed by atoms with van der Waals surface area (Å²) in [7, 11) is 0. The monoisotopic (exact) mass is 419 g/mol. The molecule has 1 saturated heterocycles. The Labute approximate surface area is 176 Å². The third-order valence-electron chi connectivity index (χ3n) is 5.71. The molecule has 9 nitrogen and oxygen atoms in total. The second-order valence-corrected chi connectivity index (χ2v) is 7.99. The van der Waals surface area contributed by atoms with Crippen molar-refractivity contribution in [1.82, 2.24) is 19.4 Å². The van der Waals surface area contributed by atoms with Crippen LogP contribution in [0.3, 0.4) is 0 Å². The van der Waals surface area contributed by atoms with Crippen molar-refractivity contribution in [3.63, 3.8) is 0 Å². The molecule has 2 aromatic heterocycles. The van der Waals surface area contributed by atoms with Gasteiger partial charge in [-0.25, -0.2) is 9.78 Å². The Hall–Kier alpha value is -3.75. The van der Waals surface area contributed by atoms with Crippen molar-refractivity contribution >= 4 is 28.5 Å². The molecule has 9 heteroatoms. The lowest BCUT2D eigenvalue weighted by Crippen LogP contribution is -2.30. The number of anilines is 1. The van der Waals surface area contributed by atoms with Crippen molar-refractivity contribution in [3.05, 3.63) is 68.5 Å². The summed E-state index contributed by atoms with van der Waals surface area (Å²) in [4.78, 5) is 58.2. The van der Waals surface area contributed by atoms with E-state index in [0.717, 1.165) is 38.8 Å². The Bertz CT molecular complexity index is 1320. The highest BCUT2D eigenvalue weighted by atomic mass is 16.2. The number of likely N-dealkylation sites (tertiary alicyclic amines) is 1. The molecule has 3 heterocycles. The number of nitrogens with one attached hydrogen (secondary N) is 2. The molecule has 0 atom stereocenters. The van der Waals surface area contributed by atoms with Gasteiger partial charge >= 0.3 is 5.69 Å². The predicted octanol–water partition coefficient (Wildman–Crippen LogP) is 1.91. The number of carbonyl (C=O) groups excluding carboxylic acids is 2. The lowest BCUT2D eigenvalue weighted by molar-refractivity contribution is 0.0792. The van der Waals surface area contributed by atoms with Crippen LogP contribution in [0.2, 0.25) is 0 Å². The Morgan fingerprint density at radius 1 is 1.06 bits per heavy atom. The molecule has 1 aromatic carbocycles. The summed E-state index contributed by atoms with van der Waals surface area (Å²) in [5.74, 6) is -0.505. The minimum atomic E-state index is -0.572. The number of fused-ring (bicyclic) bond motifs is 1. The van der Waals surface area contributed by atoms with Gasteiger partial charge in [-0.15, -0.1) is 0 Å². The SMILES string of the molecule is O=C(Nc1cccc(C(=O)N2CCCC2)c1)c1cnc2c(c1)c(=O)[nH]c(=O)n2C1CC1. The number of hydrogen-bond acceptors (Lipinski definition) is 5. The van der Waals surface area contributed by atoms with Gasteiger partial charge in [0.15, 0.2) is 0 Å². The third kappa shape index (κ3) is 3.63. The molecule has 1 aliphatic heterocycles. The zero-order valence-corrected chi connectivity index (χ0v) is 16.8. The van der Waals surface area contributed by atoms with Gasteiger partial charge in [-0.2, -0.15) is 0 Å². The number of amides is 2. The van der Waals surface area contributed by atoms with E-state index in [1.54, 1.807) is 29.2 Å². The number of carbonyl (C=O) groups is 2. The lowest BCUT2D eigenvalue weighted by Gasteiger charge is -2.16. The van der Waals surface area contributed by atoms with Gasteiger partial charge in [0.1, 0.15) is 5.65 Å². The van der Waals surface area contributed by atoms with Crippen molar-refractivity contribution in [2.45, 2.75) is 31.7 Å². The van der Waals surface area contributed by atoms with Gasteiger partial charge in [-0.3, -0.25) is 23.9 Å². The van der Waals surface area contributed by atoms with Crippen molar-refractivity contribution in [3.8, 4) is 0 Å². The van der Waals surface area contributed by atoms with E-state index in [-0.39, 0.29) is 28.5 Å². The number of pyridine rings is 1. The lowest BCUT2D eigenvalue weighted by atomic mass is 10.1.